The van der Waals surface area contributed by atoms with E-state index in [0.717, 1.165) is 22.2 Å². The van der Waals surface area contributed by atoms with Crippen molar-refractivity contribution >= 4 is 15.9 Å². The highest BCUT2D eigenvalue weighted by Crippen LogP contribution is 2.65. The molecule has 1 N–H and O–H groups in total. The Morgan fingerprint density at radius 1 is 1.44 bits per heavy atom. The molecule has 1 saturated carbocycles. The second-order valence-electron chi connectivity index (χ2n) is 5.15. The topological polar surface area (TPSA) is 29.5 Å². The molecule has 0 aromatic heterocycles. The average molecular weight is 285 g/mol. The van der Waals surface area contributed by atoms with E-state index in [9.17, 15) is 5.11 Å². The second-order valence-corrected chi connectivity index (χ2v) is 6.06. The lowest BCUT2D eigenvalue weighted by molar-refractivity contribution is 0.228. The van der Waals surface area contributed by atoms with Crippen LogP contribution in [-0.2, 0) is 5.41 Å². The maximum atomic E-state index is 9.69. The van der Waals surface area contributed by atoms with Gasteiger partial charge in [-0.3, -0.25) is 0 Å². The number of benzene rings is 1. The van der Waals surface area contributed by atoms with Gasteiger partial charge in [0.1, 0.15) is 5.75 Å². The minimum Gasteiger partial charge on any atom is -0.496 e. The summed E-state index contributed by atoms with van der Waals surface area (Å²) in [5, 5.41) is 9.69. The smallest absolute Gasteiger partial charge is 0.122 e. The molecular formula is C13H17BrO2. The minimum absolute atomic E-state index is 0.137. The third kappa shape index (κ3) is 1.57. The first kappa shape index (κ1) is 11.9. The predicted octanol–water partition coefficient (Wildman–Crippen LogP) is 3.12. The van der Waals surface area contributed by atoms with E-state index in [2.05, 4.69) is 35.8 Å². The average Bonchev–Trinajstić information content (AvgIpc) is 2.82. The number of methoxy groups -OCH3 is 1. The largest absolute Gasteiger partial charge is 0.496 e. The first-order valence-corrected chi connectivity index (χ1v) is 6.21. The summed E-state index contributed by atoms with van der Waals surface area (Å²) in [5.74, 6) is 0.864. The lowest BCUT2D eigenvalue weighted by Gasteiger charge is -2.21. The molecule has 1 aliphatic carbocycles. The Bertz CT molecular complexity index is 414. The number of rotatable bonds is 3. The van der Waals surface area contributed by atoms with E-state index in [1.165, 1.54) is 0 Å². The van der Waals surface area contributed by atoms with Gasteiger partial charge >= 0.3 is 0 Å². The third-order valence-electron chi connectivity index (χ3n) is 3.86. The van der Waals surface area contributed by atoms with Gasteiger partial charge in [-0.15, -0.1) is 0 Å². The molecular weight excluding hydrogens is 268 g/mol. The van der Waals surface area contributed by atoms with Crippen LogP contribution in [0.3, 0.4) is 0 Å². The summed E-state index contributed by atoms with van der Waals surface area (Å²) in [4.78, 5) is 0. The Labute approximate surface area is 105 Å². The first-order valence-electron chi connectivity index (χ1n) is 5.42. The molecule has 3 heteroatoms. The number of ether oxygens (including phenoxy) is 1. The Balaban J connectivity index is 2.51. The van der Waals surface area contributed by atoms with Crippen molar-refractivity contribution in [1.82, 2.24) is 0 Å². The maximum Gasteiger partial charge on any atom is 0.122 e. The summed E-state index contributed by atoms with van der Waals surface area (Å²) in [6.45, 7) is 4.54. The van der Waals surface area contributed by atoms with Crippen molar-refractivity contribution in [3.8, 4) is 5.75 Å². The number of hydrogen-bond acceptors (Lipinski definition) is 2. The van der Waals surface area contributed by atoms with Crippen LogP contribution >= 0.6 is 15.9 Å². The van der Waals surface area contributed by atoms with E-state index < -0.39 is 0 Å². The van der Waals surface area contributed by atoms with Crippen LogP contribution in [0.2, 0.25) is 0 Å². The molecule has 1 aromatic carbocycles. The Kier molecular flexibility index (Phi) is 2.79. The molecule has 0 amide bonds. The lowest BCUT2D eigenvalue weighted by atomic mass is 9.88. The van der Waals surface area contributed by atoms with Gasteiger partial charge in [-0.05, 0) is 30.0 Å². The minimum atomic E-state index is -0.137. The van der Waals surface area contributed by atoms with Crippen LogP contribution in [0.25, 0.3) is 0 Å². The normalized spacial score (nSPS) is 26.6. The molecule has 16 heavy (non-hydrogen) atoms. The van der Waals surface area contributed by atoms with E-state index in [-0.39, 0.29) is 17.4 Å². The van der Waals surface area contributed by atoms with Gasteiger partial charge in [0.25, 0.3) is 0 Å². The number of hydrogen-bond donors (Lipinski definition) is 1. The van der Waals surface area contributed by atoms with Gasteiger partial charge in [0.2, 0.25) is 0 Å². The van der Waals surface area contributed by atoms with E-state index in [1.54, 1.807) is 7.11 Å². The van der Waals surface area contributed by atoms with Crippen molar-refractivity contribution in [1.29, 1.82) is 0 Å². The van der Waals surface area contributed by atoms with Gasteiger partial charge in [-0.2, -0.15) is 0 Å². The first-order chi connectivity index (χ1) is 7.47. The van der Waals surface area contributed by atoms with Crippen LogP contribution in [0.4, 0.5) is 0 Å². The van der Waals surface area contributed by atoms with E-state index >= 15 is 0 Å². The van der Waals surface area contributed by atoms with Crippen molar-refractivity contribution in [2.24, 2.45) is 5.41 Å². The van der Waals surface area contributed by atoms with Gasteiger partial charge in [0.15, 0.2) is 0 Å². The Morgan fingerprint density at radius 3 is 2.50 bits per heavy atom. The second kappa shape index (κ2) is 3.74. The summed E-state index contributed by atoms with van der Waals surface area (Å²) < 4.78 is 6.42. The molecule has 2 rings (SSSR count). The van der Waals surface area contributed by atoms with Gasteiger partial charge in [0, 0.05) is 15.5 Å². The molecule has 1 unspecified atom stereocenters. The third-order valence-corrected chi connectivity index (χ3v) is 4.35. The van der Waals surface area contributed by atoms with E-state index in [1.807, 2.05) is 12.1 Å². The van der Waals surface area contributed by atoms with Gasteiger partial charge in [0.05, 0.1) is 13.7 Å². The van der Waals surface area contributed by atoms with Crippen LogP contribution < -0.4 is 4.74 Å². The molecule has 0 aliphatic heterocycles. The highest BCUT2D eigenvalue weighted by atomic mass is 79.9. The number of aliphatic hydroxyl groups is 1. The van der Waals surface area contributed by atoms with Crippen LogP contribution in [0.15, 0.2) is 22.7 Å². The van der Waals surface area contributed by atoms with Crippen molar-refractivity contribution in [3.05, 3.63) is 28.2 Å². The van der Waals surface area contributed by atoms with E-state index in [0.29, 0.717) is 0 Å². The van der Waals surface area contributed by atoms with Crippen LogP contribution in [0.5, 0.6) is 5.75 Å². The maximum absolute atomic E-state index is 9.69. The molecule has 1 fully saturated rings. The lowest BCUT2D eigenvalue weighted by Crippen LogP contribution is -2.20. The summed E-state index contributed by atoms with van der Waals surface area (Å²) in [6.07, 6.45) is 1.00. The molecule has 1 aliphatic rings. The summed E-state index contributed by atoms with van der Waals surface area (Å²) in [7, 11) is 1.67. The summed E-state index contributed by atoms with van der Waals surface area (Å²) in [5.41, 5.74) is 1.12. The molecule has 0 bridgehead atoms. The molecule has 2 nitrogen and oxygen atoms in total. The fourth-order valence-electron chi connectivity index (χ4n) is 2.58. The fourth-order valence-corrected chi connectivity index (χ4v) is 2.94. The van der Waals surface area contributed by atoms with Crippen LogP contribution in [-0.4, -0.2) is 18.8 Å². The zero-order chi connectivity index (χ0) is 12.0. The standard InChI is InChI=1S/C13H17BrO2/c1-12(2)7-13(12,8-15)10-6-9(14)4-5-11(10)16-3/h4-6,15H,7-8H2,1-3H3. The van der Waals surface area contributed by atoms with Gasteiger partial charge < -0.3 is 9.84 Å². The summed E-state index contributed by atoms with van der Waals surface area (Å²) >= 11 is 3.48. The van der Waals surface area contributed by atoms with Crippen molar-refractivity contribution in [2.75, 3.05) is 13.7 Å². The number of aliphatic hydroxyl groups excluding tert-OH is 1. The molecule has 0 saturated heterocycles. The van der Waals surface area contributed by atoms with E-state index in [4.69, 9.17) is 4.74 Å². The van der Waals surface area contributed by atoms with Crippen LogP contribution in [0.1, 0.15) is 25.8 Å². The van der Waals surface area contributed by atoms with Crippen molar-refractivity contribution < 1.29 is 9.84 Å². The molecule has 1 atom stereocenters. The Morgan fingerprint density at radius 2 is 2.06 bits per heavy atom. The highest BCUT2D eigenvalue weighted by molar-refractivity contribution is 9.10. The van der Waals surface area contributed by atoms with Crippen molar-refractivity contribution in [3.63, 3.8) is 0 Å². The molecule has 88 valence electrons. The molecule has 0 heterocycles. The predicted molar refractivity (Wildman–Crippen MR) is 67.9 cm³/mol. The summed E-state index contributed by atoms with van der Waals surface area (Å²) in [6, 6.07) is 5.97. The molecule has 0 radical (unpaired) electrons. The van der Waals surface area contributed by atoms with Gasteiger partial charge in [-0.1, -0.05) is 29.8 Å². The van der Waals surface area contributed by atoms with Crippen LogP contribution in [0, 0.1) is 5.41 Å². The number of halogens is 1. The van der Waals surface area contributed by atoms with Gasteiger partial charge in [-0.25, -0.2) is 0 Å². The zero-order valence-electron chi connectivity index (χ0n) is 9.88. The fraction of sp³-hybridized carbons (Fsp3) is 0.538. The molecule has 0 spiro atoms. The SMILES string of the molecule is COc1ccc(Br)cc1C1(CO)CC1(C)C. The Hall–Kier alpha value is -0.540. The monoisotopic (exact) mass is 284 g/mol. The molecule has 1 aromatic rings. The quantitative estimate of drug-likeness (QED) is 0.924. The highest BCUT2D eigenvalue weighted by Gasteiger charge is 2.62. The zero-order valence-corrected chi connectivity index (χ0v) is 11.5. The van der Waals surface area contributed by atoms with Crippen molar-refractivity contribution in [2.45, 2.75) is 25.7 Å².